The molecular weight excluding hydrogens is 321 g/mol. The number of hydrogen-bond donors (Lipinski definition) is 1. The lowest BCUT2D eigenvalue weighted by Gasteiger charge is -2.15. The number of hydrogen-bond acceptors (Lipinski definition) is 4. The van der Waals surface area contributed by atoms with Gasteiger partial charge in [-0.25, -0.2) is 4.98 Å². The van der Waals surface area contributed by atoms with E-state index in [1.54, 1.807) is 32.3 Å². The maximum Gasteiger partial charge on any atom is 0.433 e. The molecule has 0 aliphatic carbocycles. The first-order valence-electron chi connectivity index (χ1n) is 7.06. The smallest absolute Gasteiger partial charge is 0.387 e. The minimum atomic E-state index is -4.60. The molecule has 0 spiro atoms. The zero-order chi connectivity index (χ0) is 17.5. The Hall–Kier alpha value is -2.90. The van der Waals surface area contributed by atoms with E-state index in [2.05, 4.69) is 15.3 Å². The lowest BCUT2D eigenvalue weighted by molar-refractivity contribution is -0.141. The number of halogens is 3. The van der Waals surface area contributed by atoms with Gasteiger partial charge in [-0.3, -0.25) is 14.3 Å². The van der Waals surface area contributed by atoms with Crippen molar-refractivity contribution in [2.24, 2.45) is 0 Å². The molecule has 5 nitrogen and oxygen atoms in total. The zero-order valence-corrected chi connectivity index (χ0v) is 12.8. The number of rotatable bonds is 2. The molecule has 0 saturated heterocycles. The maximum absolute atomic E-state index is 13.0. The summed E-state index contributed by atoms with van der Waals surface area (Å²) in [6.07, 6.45) is -3.06. The van der Waals surface area contributed by atoms with E-state index in [1.165, 1.54) is 12.1 Å². The van der Waals surface area contributed by atoms with Crippen LogP contribution in [0.2, 0.25) is 0 Å². The molecule has 3 aromatic rings. The Morgan fingerprint density at radius 1 is 1.21 bits per heavy atom. The molecule has 8 heteroatoms. The molecule has 0 bridgehead atoms. The van der Waals surface area contributed by atoms with Gasteiger partial charge >= 0.3 is 6.18 Å². The third-order valence-corrected chi connectivity index (χ3v) is 3.65. The summed E-state index contributed by atoms with van der Waals surface area (Å²) in [5.74, 6) is 0. The molecule has 124 valence electrons. The predicted octanol–water partition coefficient (Wildman–Crippen LogP) is 3.15. The fourth-order valence-electron chi connectivity index (χ4n) is 2.51. The minimum Gasteiger partial charge on any atom is -0.387 e. The summed E-state index contributed by atoms with van der Waals surface area (Å²) in [6.45, 7) is 1.67. The molecule has 0 aromatic carbocycles. The number of aromatic nitrogens is 3. The van der Waals surface area contributed by atoms with E-state index in [0.717, 1.165) is 10.6 Å². The van der Waals surface area contributed by atoms with E-state index in [-0.39, 0.29) is 5.65 Å². The number of pyridine rings is 3. The molecule has 24 heavy (non-hydrogen) atoms. The first kappa shape index (κ1) is 16.0. The van der Waals surface area contributed by atoms with Gasteiger partial charge in [0.2, 0.25) is 0 Å². The van der Waals surface area contributed by atoms with Crippen molar-refractivity contribution in [3.05, 3.63) is 58.3 Å². The summed E-state index contributed by atoms with van der Waals surface area (Å²) in [5.41, 5.74) is -0.307. The Labute approximate surface area is 134 Å². The number of fused-ring (bicyclic) bond motifs is 1. The van der Waals surface area contributed by atoms with Gasteiger partial charge in [0, 0.05) is 24.7 Å². The van der Waals surface area contributed by atoms with Crippen LogP contribution in [0.1, 0.15) is 11.4 Å². The Balaban J connectivity index is 2.46. The summed E-state index contributed by atoms with van der Waals surface area (Å²) in [6, 6.07) is 6.75. The van der Waals surface area contributed by atoms with Gasteiger partial charge in [0.1, 0.15) is 11.3 Å². The highest BCUT2D eigenvalue weighted by Gasteiger charge is 2.33. The summed E-state index contributed by atoms with van der Waals surface area (Å²) in [7, 11) is 1.59. The maximum atomic E-state index is 13.0. The van der Waals surface area contributed by atoms with Crippen molar-refractivity contribution in [3.8, 4) is 5.69 Å². The molecule has 0 unspecified atom stereocenters. The second kappa shape index (κ2) is 5.63. The molecule has 3 heterocycles. The number of nitrogens with zero attached hydrogens (tertiary/aromatic N) is 3. The topological polar surface area (TPSA) is 59.8 Å². The largest absolute Gasteiger partial charge is 0.433 e. The summed E-state index contributed by atoms with van der Waals surface area (Å²) in [5, 5.41) is 3.22. The normalized spacial score (nSPS) is 11.7. The molecule has 0 aliphatic rings. The molecule has 3 rings (SSSR count). The van der Waals surface area contributed by atoms with Crippen LogP contribution in [-0.4, -0.2) is 21.6 Å². The fourth-order valence-corrected chi connectivity index (χ4v) is 2.51. The van der Waals surface area contributed by atoms with E-state index in [9.17, 15) is 18.0 Å². The lowest BCUT2D eigenvalue weighted by atomic mass is 10.2. The minimum absolute atomic E-state index is 0.0715. The van der Waals surface area contributed by atoms with Crippen LogP contribution in [0.5, 0.6) is 0 Å². The average Bonchev–Trinajstić information content (AvgIpc) is 2.54. The quantitative estimate of drug-likeness (QED) is 0.782. The van der Waals surface area contributed by atoms with E-state index < -0.39 is 17.4 Å². The number of aryl methyl sites for hydroxylation is 1. The monoisotopic (exact) mass is 334 g/mol. The van der Waals surface area contributed by atoms with Crippen molar-refractivity contribution < 1.29 is 13.2 Å². The van der Waals surface area contributed by atoms with Gasteiger partial charge in [-0.1, -0.05) is 0 Å². The molecule has 0 saturated carbocycles. The highest BCUT2D eigenvalue weighted by atomic mass is 19.4. The number of nitrogens with one attached hydrogen (secondary N) is 1. The van der Waals surface area contributed by atoms with Crippen LogP contribution < -0.4 is 10.9 Å². The van der Waals surface area contributed by atoms with Gasteiger partial charge < -0.3 is 5.32 Å². The van der Waals surface area contributed by atoms with Gasteiger partial charge in [0.15, 0.2) is 0 Å². The van der Waals surface area contributed by atoms with Gasteiger partial charge in [0.05, 0.1) is 17.1 Å². The molecule has 3 aromatic heterocycles. The average molecular weight is 334 g/mol. The van der Waals surface area contributed by atoms with Crippen molar-refractivity contribution in [2.45, 2.75) is 13.1 Å². The lowest BCUT2D eigenvalue weighted by Crippen LogP contribution is -2.22. The highest BCUT2D eigenvalue weighted by molar-refractivity contribution is 5.90. The van der Waals surface area contributed by atoms with E-state index in [0.29, 0.717) is 22.5 Å². The predicted molar refractivity (Wildman–Crippen MR) is 84.4 cm³/mol. The Morgan fingerprint density at radius 2 is 1.96 bits per heavy atom. The van der Waals surface area contributed by atoms with Crippen molar-refractivity contribution in [2.75, 3.05) is 12.4 Å². The third-order valence-electron chi connectivity index (χ3n) is 3.65. The summed E-state index contributed by atoms with van der Waals surface area (Å²) >= 11 is 0. The molecule has 0 aliphatic heterocycles. The fraction of sp³-hybridized carbons (Fsp3) is 0.188. The van der Waals surface area contributed by atoms with E-state index >= 15 is 0 Å². The molecular formula is C16H13F3N4O. The SMILES string of the molecule is CNc1cc(=O)n(-c2cccnc2C)c2nc(C(F)(F)F)ccc12. The molecule has 0 atom stereocenters. The Kier molecular flexibility index (Phi) is 3.75. The van der Waals surface area contributed by atoms with Crippen molar-refractivity contribution in [3.63, 3.8) is 0 Å². The molecule has 0 fully saturated rings. The standard InChI is InChI=1S/C16H13F3N4O/c1-9-12(4-3-7-21-9)23-14(24)8-11(20-2)10-5-6-13(16(17,18)19)22-15(10)23/h3-8,20H,1-2H3. The summed E-state index contributed by atoms with van der Waals surface area (Å²) < 4.78 is 40.2. The van der Waals surface area contributed by atoms with Crippen molar-refractivity contribution in [1.29, 1.82) is 0 Å². The Bertz CT molecular complexity index is 979. The molecule has 1 N–H and O–H groups in total. The van der Waals surface area contributed by atoms with Gasteiger partial charge in [-0.2, -0.15) is 13.2 Å². The van der Waals surface area contributed by atoms with Crippen LogP contribution in [0.4, 0.5) is 18.9 Å². The number of alkyl halides is 3. The molecule has 0 radical (unpaired) electrons. The van der Waals surface area contributed by atoms with E-state index in [1.807, 2.05) is 0 Å². The first-order chi connectivity index (χ1) is 11.3. The highest BCUT2D eigenvalue weighted by Crippen LogP contribution is 2.31. The summed E-state index contributed by atoms with van der Waals surface area (Å²) in [4.78, 5) is 20.3. The first-order valence-corrected chi connectivity index (χ1v) is 7.06. The second-order valence-electron chi connectivity index (χ2n) is 5.16. The number of anilines is 1. The van der Waals surface area contributed by atoms with Crippen LogP contribution in [0.25, 0.3) is 16.7 Å². The van der Waals surface area contributed by atoms with Crippen LogP contribution in [-0.2, 0) is 6.18 Å². The van der Waals surface area contributed by atoms with Gasteiger partial charge in [-0.15, -0.1) is 0 Å². The van der Waals surface area contributed by atoms with Crippen LogP contribution in [0.15, 0.2) is 41.3 Å². The second-order valence-corrected chi connectivity index (χ2v) is 5.16. The molecule has 0 amide bonds. The van der Waals surface area contributed by atoms with Crippen LogP contribution in [0.3, 0.4) is 0 Å². The van der Waals surface area contributed by atoms with Gasteiger partial charge in [0.25, 0.3) is 5.56 Å². The van der Waals surface area contributed by atoms with Crippen LogP contribution >= 0.6 is 0 Å². The zero-order valence-electron chi connectivity index (χ0n) is 12.8. The van der Waals surface area contributed by atoms with E-state index in [4.69, 9.17) is 0 Å². The van der Waals surface area contributed by atoms with Crippen molar-refractivity contribution >= 4 is 16.7 Å². The van der Waals surface area contributed by atoms with Crippen molar-refractivity contribution in [1.82, 2.24) is 14.5 Å². The third kappa shape index (κ3) is 2.60. The Morgan fingerprint density at radius 3 is 2.58 bits per heavy atom. The van der Waals surface area contributed by atoms with Gasteiger partial charge in [-0.05, 0) is 31.2 Å². The van der Waals surface area contributed by atoms with Crippen LogP contribution in [0, 0.1) is 6.92 Å².